The highest BCUT2D eigenvalue weighted by Crippen LogP contribution is 2.33. The number of hydrogen-bond acceptors (Lipinski definition) is 7. The van der Waals surface area contributed by atoms with Crippen LogP contribution < -0.4 is 10.3 Å². The average Bonchev–Trinajstić information content (AvgIpc) is 3.51. The molecule has 2 aliphatic rings. The Morgan fingerprint density at radius 2 is 1.80 bits per heavy atom. The summed E-state index contributed by atoms with van der Waals surface area (Å²) < 4.78 is 44.3. The van der Waals surface area contributed by atoms with Gasteiger partial charge in [-0.15, -0.1) is 0 Å². The molecule has 2 aromatic heterocycles. The van der Waals surface area contributed by atoms with E-state index in [1.807, 2.05) is 7.05 Å². The van der Waals surface area contributed by atoms with Crippen molar-refractivity contribution >= 4 is 22.8 Å². The number of aliphatic hydroxyl groups is 1. The number of rotatable bonds is 8. The molecule has 0 saturated carbocycles. The van der Waals surface area contributed by atoms with Gasteiger partial charge in [0.05, 0.1) is 39.4 Å². The number of likely N-dealkylation sites (tertiary alicyclic amines) is 1. The van der Waals surface area contributed by atoms with Gasteiger partial charge in [0, 0.05) is 12.2 Å². The number of pyridine rings is 1. The minimum atomic E-state index is -4.51. The number of piperidine rings is 1. The summed E-state index contributed by atoms with van der Waals surface area (Å²) in [5, 5.41) is 10.5. The number of imide groups is 1. The molecule has 0 bridgehead atoms. The summed E-state index contributed by atoms with van der Waals surface area (Å²) >= 11 is 0. The molecule has 6 rings (SSSR count). The second-order valence-corrected chi connectivity index (χ2v) is 11.3. The number of hydrogen-bond donors (Lipinski definition) is 3. The molecular weight excluding hydrogens is 579 g/mol. The van der Waals surface area contributed by atoms with E-state index >= 15 is 0 Å². The summed E-state index contributed by atoms with van der Waals surface area (Å²) in [6.45, 7) is 1.36. The number of ether oxygens (including phenoxy) is 1. The van der Waals surface area contributed by atoms with Crippen LogP contribution in [0.5, 0.6) is 5.75 Å². The van der Waals surface area contributed by atoms with Gasteiger partial charge in [-0.3, -0.25) is 19.3 Å². The van der Waals surface area contributed by atoms with E-state index in [2.05, 4.69) is 19.9 Å². The molecule has 3 N–H and O–H groups in total. The lowest BCUT2D eigenvalue weighted by molar-refractivity contribution is -0.137. The molecule has 1 fully saturated rings. The molecule has 2 amide bonds. The van der Waals surface area contributed by atoms with E-state index in [9.17, 15) is 32.7 Å². The maximum atomic E-state index is 13.3. The van der Waals surface area contributed by atoms with Crippen molar-refractivity contribution < 1.29 is 32.6 Å². The van der Waals surface area contributed by atoms with Gasteiger partial charge in [0.2, 0.25) is 0 Å². The molecule has 13 heteroatoms. The molecule has 230 valence electrons. The standard InChI is InChI=1S/C31H30F3N5O5/c1-38-11-8-19(9-12-38)39-29(42)22-14-24-25(15-23(22)30(39)43)37-27(36-24)26-17(7-10-35-28(26)41)5-6-20(40)16-44-21-4-2-3-18(13-21)31(32,33)34/h2-4,7,10,13-15,19-20,40H,5-6,8-9,11-12,16H2,1H3,(H,35,41)(H,36,37)/t20-/m1/s1. The van der Waals surface area contributed by atoms with Crippen LogP contribution in [0.3, 0.4) is 0 Å². The summed E-state index contributed by atoms with van der Waals surface area (Å²) in [5.41, 5.74) is 1.02. The van der Waals surface area contributed by atoms with Crippen LogP contribution >= 0.6 is 0 Å². The number of H-pyrrole nitrogens is 2. The molecule has 4 aromatic rings. The Balaban J connectivity index is 1.18. The van der Waals surface area contributed by atoms with Gasteiger partial charge < -0.3 is 24.7 Å². The third kappa shape index (κ3) is 5.72. The van der Waals surface area contributed by atoms with Gasteiger partial charge in [-0.25, -0.2) is 4.98 Å². The molecule has 0 aliphatic carbocycles. The summed E-state index contributed by atoms with van der Waals surface area (Å²) in [5.74, 6) is -0.457. The number of fused-ring (bicyclic) bond motifs is 2. The fraction of sp³-hybridized carbons (Fsp3) is 0.355. The number of nitrogens with one attached hydrogen (secondary N) is 2. The normalized spacial score (nSPS) is 17.0. The molecular formula is C31H30F3N5O5. The fourth-order valence-electron chi connectivity index (χ4n) is 5.81. The number of nitrogens with zero attached hydrogens (tertiary/aromatic N) is 3. The van der Waals surface area contributed by atoms with Crippen LogP contribution in [0.15, 0.2) is 53.5 Å². The highest BCUT2D eigenvalue weighted by molar-refractivity contribution is 6.23. The van der Waals surface area contributed by atoms with Crippen LogP contribution in [0.25, 0.3) is 22.4 Å². The van der Waals surface area contributed by atoms with Crippen LogP contribution in [0.1, 0.15) is 51.1 Å². The SMILES string of the molecule is CN1CCC(N2C(=O)c3cc4nc(-c5c(CC[C@@H](O)COc6cccc(C(F)(F)F)c6)cc[nH]c5=O)[nH]c4cc3C2=O)CC1. The zero-order chi connectivity index (χ0) is 31.2. The molecule has 2 aromatic carbocycles. The van der Waals surface area contributed by atoms with Gasteiger partial charge in [-0.05, 0) is 87.8 Å². The van der Waals surface area contributed by atoms with Crippen LogP contribution in [0.2, 0.25) is 0 Å². The van der Waals surface area contributed by atoms with Gasteiger partial charge in [-0.2, -0.15) is 13.2 Å². The third-order valence-corrected chi connectivity index (χ3v) is 8.21. The summed E-state index contributed by atoms with van der Waals surface area (Å²) in [4.78, 5) is 53.3. The number of aliphatic hydroxyl groups excluding tert-OH is 1. The second kappa shape index (κ2) is 11.5. The maximum absolute atomic E-state index is 13.3. The average molecular weight is 610 g/mol. The topological polar surface area (TPSA) is 132 Å². The number of imidazole rings is 1. The first-order chi connectivity index (χ1) is 21.0. The lowest BCUT2D eigenvalue weighted by atomic mass is 10.0. The van der Waals surface area contributed by atoms with Crippen molar-refractivity contribution in [2.45, 2.75) is 44.0 Å². The van der Waals surface area contributed by atoms with Crippen LogP contribution in [0, 0.1) is 0 Å². The van der Waals surface area contributed by atoms with Crippen LogP contribution in [-0.4, -0.2) is 80.6 Å². The second-order valence-electron chi connectivity index (χ2n) is 11.3. The van der Waals surface area contributed by atoms with Gasteiger partial charge >= 0.3 is 6.18 Å². The maximum Gasteiger partial charge on any atom is 0.416 e. The van der Waals surface area contributed by atoms with E-state index in [1.54, 1.807) is 18.2 Å². The molecule has 0 unspecified atom stereocenters. The highest BCUT2D eigenvalue weighted by atomic mass is 19.4. The summed E-state index contributed by atoms with van der Waals surface area (Å²) in [6, 6.07) is 9.10. The summed E-state index contributed by atoms with van der Waals surface area (Å²) in [7, 11) is 2.01. The minimum absolute atomic E-state index is 0.0173. The first-order valence-corrected chi connectivity index (χ1v) is 14.3. The molecule has 2 aliphatic heterocycles. The Hall–Kier alpha value is -4.49. The molecule has 0 radical (unpaired) electrons. The van der Waals surface area contributed by atoms with E-state index in [0.29, 0.717) is 35.0 Å². The first-order valence-electron chi connectivity index (χ1n) is 14.3. The fourth-order valence-corrected chi connectivity index (χ4v) is 5.81. The first kappa shape index (κ1) is 29.6. The molecule has 4 heterocycles. The Kier molecular flexibility index (Phi) is 7.76. The predicted octanol–water partition coefficient (Wildman–Crippen LogP) is 4.00. The zero-order valence-electron chi connectivity index (χ0n) is 23.8. The van der Waals surface area contributed by atoms with Crippen molar-refractivity contribution in [3.05, 3.63) is 81.3 Å². The van der Waals surface area contributed by atoms with Gasteiger partial charge in [-0.1, -0.05) is 6.07 Å². The largest absolute Gasteiger partial charge is 0.491 e. The molecule has 44 heavy (non-hydrogen) atoms. The number of aryl methyl sites for hydroxylation is 1. The number of aromatic amines is 2. The summed E-state index contributed by atoms with van der Waals surface area (Å²) in [6.07, 6.45) is -2.24. The number of benzene rings is 2. The lowest BCUT2D eigenvalue weighted by Gasteiger charge is -2.33. The van der Waals surface area contributed by atoms with Gasteiger partial charge in [0.15, 0.2) is 0 Å². The van der Waals surface area contributed by atoms with Crippen LogP contribution in [0.4, 0.5) is 13.2 Å². The molecule has 0 spiro atoms. The smallest absolute Gasteiger partial charge is 0.416 e. The number of carbonyl (C=O) groups is 2. The van der Waals surface area contributed by atoms with Crippen molar-refractivity contribution in [2.75, 3.05) is 26.7 Å². The number of halogens is 3. The number of carbonyl (C=O) groups excluding carboxylic acids is 2. The Morgan fingerprint density at radius 3 is 2.52 bits per heavy atom. The van der Waals surface area contributed by atoms with E-state index in [1.165, 1.54) is 23.2 Å². The van der Waals surface area contributed by atoms with Crippen molar-refractivity contribution in [3.8, 4) is 17.1 Å². The molecule has 10 nitrogen and oxygen atoms in total. The van der Waals surface area contributed by atoms with Crippen molar-refractivity contribution in [1.82, 2.24) is 24.8 Å². The van der Waals surface area contributed by atoms with E-state index in [0.717, 1.165) is 25.2 Å². The van der Waals surface area contributed by atoms with Crippen molar-refractivity contribution in [1.29, 1.82) is 0 Å². The molecule has 1 atom stereocenters. The monoisotopic (exact) mass is 609 g/mol. The van der Waals surface area contributed by atoms with Crippen LogP contribution in [-0.2, 0) is 12.6 Å². The Labute approximate surface area is 249 Å². The zero-order valence-corrected chi connectivity index (χ0v) is 23.8. The van der Waals surface area contributed by atoms with Gasteiger partial charge in [0.1, 0.15) is 18.2 Å². The quantitative estimate of drug-likeness (QED) is 0.258. The number of alkyl halides is 3. The third-order valence-electron chi connectivity index (χ3n) is 8.21. The van der Waals surface area contributed by atoms with Gasteiger partial charge in [0.25, 0.3) is 17.4 Å². The molecule has 1 saturated heterocycles. The predicted molar refractivity (Wildman–Crippen MR) is 154 cm³/mol. The number of aromatic nitrogens is 3. The van der Waals surface area contributed by atoms with E-state index < -0.39 is 23.4 Å². The van der Waals surface area contributed by atoms with E-state index in [4.69, 9.17) is 4.74 Å². The highest BCUT2D eigenvalue weighted by Gasteiger charge is 2.41. The van der Waals surface area contributed by atoms with Crippen molar-refractivity contribution in [2.24, 2.45) is 0 Å². The lowest BCUT2D eigenvalue weighted by Crippen LogP contribution is -2.46. The number of amides is 2. The minimum Gasteiger partial charge on any atom is -0.491 e. The Morgan fingerprint density at radius 1 is 1.07 bits per heavy atom. The van der Waals surface area contributed by atoms with E-state index in [-0.39, 0.29) is 60.0 Å². The Bertz CT molecular complexity index is 1740. The van der Waals surface area contributed by atoms with Crippen molar-refractivity contribution in [3.63, 3.8) is 0 Å².